The molecule has 1 aromatic heterocycles. The van der Waals surface area contributed by atoms with Crippen molar-refractivity contribution in [2.45, 2.75) is 31.7 Å². The van der Waals surface area contributed by atoms with E-state index in [2.05, 4.69) is 4.98 Å². The molecule has 2 aromatic rings. The first kappa shape index (κ1) is 14.7. The number of imidazole rings is 1. The van der Waals surface area contributed by atoms with Gasteiger partial charge in [-0.3, -0.25) is 0 Å². The second-order valence-electron chi connectivity index (χ2n) is 5.75. The van der Waals surface area contributed by atoms with Gasteiger partial charge in [-0.05, 0) is 30.7 Å². The van der Waals surface area contributed by atoms with Crippen molar-refractivity contribution in [1.82, 2.24) is 9.55 Å². The standard InChI is InChI=1S/C15H17ClF2N2O/c1-21-5-4-15(2-3-15)9-20-12-7-10(17)6-11(18)14(12)19-13(20)8-16/h6-7H,2-5,8-9H2,1H3. The summed E-state index contributed by atoms with van der Waals surface area (Å²) in [4.78, 5) is 4.22. The number of hydrogen-bond acceptors (Lipinski definition) is 2. The average Bonchev–Trinajstić information content (AvgIpc) is 3.13. The molecule has 114 valence electrons. The van der Waals surface area contributed by atoms with Crippen molar-refractivity contribution in [3.63, 3.8) is 0 Å². The van der Waals surface area contributed by atoms with E-state index in [0.717, 1.165) is 25.3 Å². The van der Waals surface area contributed by atoms with Gasteiger partial charge in [-0.25, -0.2) is 13.8 Å². The highest BCUT2D eigenvalue weighted by Crippen LogP contribution is 2.50. The Morgan fingerprint density at radius 1 is 1.38 bits per heavy atom. The van der Waals surface area contributed by atoms with E-state index in [1.807, 2.05) is 4.57 Å². The molecule has 1 aliphatic rings. The lowest BCUT2D eigenvalue weighted by Crippen LogP contribution is -2.15. The number of halogens is 3. The molecular weight excluding hydrogens is 298 g/mol. The van der Waals surface area contributed by atoms with Crippen LogP contribution in [-0.4, -0.2) is 23.3 Å². The van der Waals surface area contributed by atoms with Crippen LogP contribution in [0.15, 0.2) is 12.1 Å². The van der Waals surface area contributed by atoms with E-state index in [9.17, 15) is 8.78 Å². The quantitative estimate of drug-likeness (QED) is 0.757. The zero-order valence-electron chi connectivity index (χ0n) is 11.8. The first-order valence-electron chi connectivity index (χ1n) is 6.98. The Balaban J connectivity index is 2.01. The SMILES string of the molecule is COCCC1(Cn2c(CCl)nc3c(F)cc(F)cc32)CC1. The van der Waals surface area contributed by atoms with Crippen molar-refractivity contribution in [3.8, 4) is 0 Å². The molecule has 6 heteroatoms. The van der Waals surface area contributed by atoms with Crippen molar-refractivity contribution >= 4 is 22.6 Å². The fourth-order valence-corrected chi connectivity index (χ4v) is 3.00. The number of benzene rings is 1. The Morgan fingerprint density at radius 3 is 2.76 bits per heavy atom. The Morgan fingerprint density at radius 2 is 2.14 bits per heavy atom. The Labute approximate surface area is 126 Å². The maximum atomic E-state index is 13.8. The van der Waals surface area contributed by atoms with Crippen molar-refractivity contribution in [2.75, 3.05) is 13.7 Å². The molecule has 0 saturated heterocycles. The number of ether oxygens (including phenoxy) is 1. The van der Waals surface area contributed by atoms with Gasteiger partial charge in [0, 0.05) is 26.3 Å². The number of nitrogens with zero attached hydrogens (tertiary/aromatic N) is 2. The lowest BCUT2D eigenvalue weighted by molar-refractivity contribution is 0.167. The molecule has 1 aromatic carbocycles. The molecule has 0 radical (unpaired) electrons. The highest BCUT2D eigenvalue weighted by Gasteiger charge is 2.43. The Kier molecular flexibility index (Phi) is 3.88. The first-order valence-corrected chi connectivity index (χ1v) is 7.51. The second kappa shape index (κ2) is 5.54. The topological polar surface area (TPSA) is 27.1 Å². The van der Waals surface area contributed by atoms with Gasteiger partial charge >= 0.3 is 0 Å². The van der Waals surface area contributed by atoms with Gasteiger partial charge in [0.15, 0.2) is 5.82 Å². The van der Waals surface area contributed by atoms with Gasteiger partial charge in [0.05, 0.1) is 11.4 Å². The van der Waals surface area contributed by atoms with Gasteiger partial charge in [0.2, 0.25) is 0 Å². The summed E-state index contributed by atoms with van der Waals surface area (Å²) in [5, 5.41) is 0. The van der Waals surface area contributed by atoms with E-state index < -0.39 is 11.6 Å². The minimum atomic E-state index is -0.642. The first-order chi connectivity index (χ1) is 10.1. The Bertz CT molecular complexity index is 667. The summed E-state index contributed by atoms with van der Waals surface area (Å²) < 4.78 is 34.4. The molecule has 3 nitrogen and oxygen atoms in total. The van der Waals surface area contributed by atoms with Crippen LogP contribution < -0.4 is 0 Å². The molecule has 0 bridgehead atoms. The van der Waals surface area contributed by atoms with Crippen LogP contribution in [0.4, 0.5) is 8.78 Å². The molecule has 3 rings (SSSR count). The predicted molar refractivity (Wildman–Crippen MR) is 77.4 cm³/mol. The average molecular weight is 315 g/mol. The summed E-state index contributed by atoms with van der Waals surface area (Å²) in [5.41, 5.74) is 0.814. The van der Waals surface area contributed by atoms with Crippen LogP contribution in [0.3, 0.4) is 0 Å². The van der Waals surface area contributed by atoms with E-state index in [4.69, 9.17) is 16.3 Å². The number of fused-ring (bicyclic) bond motifs is 1. The molecule has 1 fully saturated rings. The van der Waals surface area contributed by atoms with Gasteiger partial charge < -0.3 is 9.30 Å². The largest absolute Gasteiger partial charge is 0.385 e. The van der Waals surface area contributed by atoms with Crippen LogP contribution in [-0.2, 0) is 17.2 Å². The van der Waals surface area contributed by atoms with Crippen LogP contribution in [0.25, 0.3) is 11.0 Å². The van der Waals surface area contributed by atoms with Crippen molar-refractivity contribution < 1.29 is 13.5 Å². The molecule has 1 saturated carbocycles. The summed E-state index contributed by atoms with van der Waals surface area (Å²) >= 11 is 5.93. The van der Waals surface area contributed by atoms with E-state index in [1.54, 1.807) is 7.11 Å². The molecule has 1 aliphatic carbocycles. The molecule has 0 unspecified atom stereocenters. The maximum absolute atomic E-state index is 13.8. The highest BCUT2D eigenvalue weighted by molar-refractivity contribution is 6.16. The van der Waals surface area contributed by atoms with Crippen LogP contribution in [0.5, 0.6) is 0 Å². The molecule has 0 spiro atoms. The van der Waals surface area contributed by atoms with E-state index in [-0.39, 0.29) is 16.8 Å². The van der Waals surface area contributed by atoms with Crippen LogP contribution in [0, 0.1) is 17.0 Å². The monoisotopic (exact) mass is 314 g/mol. The number of alkyl halides is 1. The minimum Gasteiger partial charge on any atom is -0.385 e. The minimum absolute atomic E-state index is 0.146. The highest BCUT2D eigenvalue weighted by atomic mass is 35.5. The molecule has 0 atom stereocenters. The fraction of sp³-hybridized carbons (Fsp3) is 0.533. The molecular formula is C15H17ClF2N2O. The van der Waals surface area contributed by atoms with E-state index in [0.29, 0.717) is 24.5 Å². The Hall–Kier alpha value is -1.20. The zero-order chi connectivity index (χ0) is 15.0. The van der Waals surface area contributed by atoms with Gasteiger partial charge in [-0.2, -0.15) is 0 Å². The predicted octanol–water partition coefficient (Wildman–Crippen LogP) is 3.87. The van der Waals surface area contributed by atoms with Gasteiger partial charge in [-0.15, -0.1) is 11.6 Å². The van der Waals surface area contributed by atoms with Crippen LogP contribution >= 0.6 is 11.6 Å². The third-order valence-corrected chi connectivity index (χ3v) is 4.50. The lowest BCUT2D eigenvalue weighted by atomic mass is 10.0. The number of hydrogen-bond donors (Lipinski definition) is 0. The van der Waals surface area contributed by atoms with Crippen molar-refractivity contribution in [3.05, 3.63) is 29.6 Å². The fourth-order valence-electron chi connectivity index (χ4n) is 2.79. The smallest absolute Gasteiger partial charge is 0.153 e. The zero-order valence-corrected chi connectivity index (χ0v) is 12.6. The van der Waals surface area contributed by atoms with Crippen LogP contribution in [0.2, 0.25) is 0 Å². The molecule has 0 aliphatic heterocycles. The molecule has 0 N–H and O–H groups in total. The van der Waals surface area contributed by atoms with Gasteiger partial charge in [0.25, 0.3) is 0 Å². The van der Waals surface area contributed by atoms with Crippen LogP contribution in [0.1, 0.15) is 25.1 Å². The normalized spacial score (nSPS) is 16.6. The second-order valence-corrected chi connectivity index (χ2v) is 6.01. The molecule has 1 heterocycles. The van der Waals surface area contributed by atoms with Gasteiger partial charge in [0.1, 0.15) is 17.2 Å². The summed E-state index contributed by atoms with van der Waals surface area (Å²) in [7, 11) is 1.68. The van der Waals surface area contributed by atoms with E-state index >= 15 is 0 Å². The molecule has 21 heavy (non-hydrogen) atoms. The summed E-state index contributed by atoms with van der Waals surface area (Å²) in [6, 6.07) is 2.18. The third-order valence-electron chi connectivity index (χ3n) is 4.26. The summed E-state index contributed by atoms with van der Waals surface area (Å²) in [6.07, 6.45) is 3.12. The lowest BCUT2D eigenvalue weighted by Gasteiger charge is -2.17. The summed E-state index contributed by atoms with van der Waals surface area (Å²) in [5.74, 6) is -0.475. The van der Waals surface area contributed by atoms with Gasteiger partial charge in [-0.1, -0.05) is 0 Å². The molecule has 0 amide bonds. The van der Waals surface area contributed by atoms with E-state index in [1.165, 1.54) is 6.07 Å². The number of methoxy groups -OCH3 is 1. The maximum Gasteiger partial charge on any atom is 0.153 e. The number of rotatable bonds is 6. The summed E-state index contributed by atoms with van der Waals surface area (Å²) in [6.45, 7) is 1.36. The number of aromatic nitrogens is 2. The third kappa shape index (κ3) is 2.77. The van der Waals surface area contributed by atoms with Crippen molar-refractivity contribution in [2.24, 2.45) is 5.41 Å². The van der Waals surface area contributed by atoms with Crippen molar-refractivity contribution in [1.29, 1.82) is 0 Å².